The summed E-state index contributed by atoms with van der Waals surface area (Å²) in [6.45, 7) is 2.75. The molecular formula is C15H20N2O2S2. The van der Waals surface area contributed by atoms with Crippen molar-refractivity contribution in [2.24, 2.45) is 0 Å². The second kappa shape index (κ2) is 6.60. The third-order valence-electron chi connectivity index (χ3n) is 3.35. The Labute approximate surface area is 130 Å². The van der Waals surface area contributed by atoms with Crippen LogP contribution in [0.15, 0.2) is 40.6 Å². The number of sulfonamides is 1. The van der Waals surface area contributed by atoms with E-state index in [4.69, 9.17) is 0 Å². The van der Waals surface area contributed by atoms with E-state index in [2.05, 4.69) is 12.2 Å². The first kappa shape index (κ1) is 16.0. The van der Waals surface area contributed by atoms with E-state index in [1.807, 2.05) is 31.3 Å². The van der Waals surface area contributed by atoms with Crippen molar-refractivity contribution in [3.8, 4) is 0 Å². The zero-order chi connectivity index (χ0) is 15.5. The van der Waals surface area contributed by atoms with Gasteiger partial charge in [-0.1, -0.05) is 19.1 Å². The van der Waals surface area contributed by atoms with Gasteiger partial charge in [-0.3, -0.25) is 4.31 Å². The average molecular weight is 324 g/mol. The molecule has 1 heterocycles. The summed E-state index contributed by atoms with van der Waals surface area (Å²) in [6, 6.07) is 9.34. The summed E-state index contributed by atoms with van der Waals surface area (Å²) in [7, 11) is -0.0616. The fourth-order valence-electron chi connectivity index (χ4n) is 2.00. The standard InChI is InChI=1S/C15H20N2O2S2/c1-4-12-5-7-13(8-6-12)17(3)21(18,19)15-9-14(10-16-2)20-11-15/h5-9,11,16H,4,10H2,1-3H3. The number of aryl methyl sites for hydroxylation is 1. The summed E-state index contributed by atoms with van der Waals surface area (Å²) in [5.41, 5.74) is 1.87. The van der Waals surface area contributed by atoms with Gasteiger partial charge < -0.3 is 5.32 Å². The van der Waals surface area contributed by atoms with Gasteiger partial charge in [-0.05, 0) is 37.2 Å². The SMILES string of the molecule is CCc1ccc(N(C)S(=O)(=O)c2csc(CNC)c2)cc1. The highest BCUT2D eigenvalue weighted by atomic mass is 32.2. The summed E-state index contributed by atoms with van der Waals surface area (Å²) < 4.78 is 26.6. The number of nitrogens with one attached hydrogen (secondary N) is 1. The zero-order valence-corrected chi connectivity index (χ0v) is 14.1. The van der Waals surface area contributed by atoms with Gasteiger partial charge in [0.2, 0.25) is 0 Å². The quantitative estimate of drug-likeness (QED) is 0.889. The molecule has 0 bridgehead atoms. The molecule has 0 saturated heterocycles. The van der Waals surface area contributed by atoms with E-state index >= 15 is 0 Å². The number of rotatable bonds is 6. The molecule has 0 unspecified atom stereocenters. The van der Waals surface area contributed by atoms with E-state index in [1.54, 1.807) is 18.5 Å². The van der Waals surface area contributed by atoms with Gasteiger partial charge >= 0.3 is 0 Å². The molecule has 0 spiro atoms. The van der Waals surface area contributed by atoms with Crippen LogP contribution in [0.1, 0.15) is 17.4 Å². The van der Waals surface area contributed by atoms with Crippen LogP contribution in [0.4, 0.5) is 5.69 Å². The van der Waals surface area contributed by atoms with Crippen LogP contribution in [0.2, 0.25) is 0 Å². The lowest BCUT2D eigenvalue weighted by atomic mass is 10.1. The maximum Gasteiger partial charge on any atom is 0.264 e. The minimum atomic E-state index is -3.49. The zero-order valence-electron chi connectivity index (χ0n) is 12.5. The van der Waals surface area contributed by atoms with Gasteiger partial charge in [0.05, 0.1) is 10.6 Å². The lowest BCUT2D eigenvalue weighted by Crippen LogP contribution is -2.26. The van der Waals surface area contributed by atoms with Gasteiger partial charge in [0.25, 0.3) is 10.0 Å². The Morgan fingerprint density at radius 2 is 1.90 bits per heavy atom. The van der Waals surface area contributed by atoms with Crippen LogP contribution in [-0.4, -0.2) is 22.5 Å². The van der Waals surface area contributed by atoms with E-state index in [1.165, 1.54) is 21.2 Å². The number of anilines is 1. The molecule has 0 radical (unpaired) electrons. The van der Waals surface area contributed by atoms with Crippen molar-refractivity contribution < 1.29 is 8.42 Å². The molecule has 2 rings (SSSR count). The highest BCUT2D eigenvalue weighted by Gasteiger charge is 2.22. The van der Waals surface area contributed by atoms with Gasteiger partial charge in [-0.2, -0.15) is 0 Å². The van der Waals surface area contributed by atoms with Crippen molar-refractivity contribution in [3.63, 3.8) is 0 Å². The highest BCUT2D eigenvalue weighted by molar-refractivity contribution is 7.93. The maximum atomic E-state index is 12.6. The predicted octanol–water partition coefficient (Wildman–Crippen LogP) is 2.86. The Hall–Kier alpha value is -1.37. The molecule has 21 heavy (non-hydrogen) atoms. The van der Waals surface area contributed by atoms with Gasteiger partial charge in [-0.15, -0.1) is 11.3 Å². The van der Waals surface area contributed by atoms with Crippen LogP contribution in [0.25, 0.3) is 0 Å². The van der Waals surface area contributed by atoms with Crippen molar-refractivity contribution in [1.29, 1.82) is 0 Å². The smallest absolute Gasteiger partial charge is 0.264 e. The third-order valence-corrected chi connectivity index (χ3v) is 6.20. The van der Waals surface area contributed by atoms with Crippen molar-refractivity contribution in [2.45, 2.75) is 24.8 Å². The largest absolute Gasteiger partial charge is 0.315 e. The molecule has 0 amide bonds. The normalized spacial score (nSPS) is 11.6. The first-order valence-electron chi connectivity index (χ1n) is 6.79. The Morgan fingerprint density at radius 3 is 2.48 bits per heavy atom. The second-order valence-corrected chi connectivity index (χ2v) is 7.74. The van der Waals surface area contributed by atoms with Crippen LogP contribution in [0.5, 0.6) is 0 Å². The van der Waals surface area contributed by atoms with Crippen LogP contribution >= 0.6 is 11.3 Å². The van der Waals surface area contributed by atoms with Gasteiger partial charge in [0, 0.05) is 23.8 Å². The number of benzene rings is 1. The van der Waals surface area contributed by atoms with E-state index in [0.717, 1.165) is 11.3 Å². The molecule has 0 saturated carbocycles. The summed E-state index contributed by atoms with van der Waals surface area (Å²) in [5, 5.41) is 4.72. The fraction of sp³-hybridized carbons (Fsp3) is 0.333. The lowest BCUT2D eigenvalue weighted by Gasteiger charge is -2.19. The number of thiophene rings is 1. The molecule has 0 aliphatic rings. The lowest BCUT2D eigenvalue weighted by molar-refractivity contribution is 0.594. The van der Waals surface area contributed by atoms with Crippen molar-refractivity contribution in [1.82, 2.24) is 5.32 Å². The minimum absolute atomic E-state index is 0.347. The number of hydrogen-bond acceptors (Lipinski definition) is 4. The van der Waals surface area contributed by atoms with Crippen molar-refractivity contribution in [3.05, 3.63) is 46.2 Å². The molecule has 114 valence electrons. The van der Waals surface area contributed by atoms with E-state index in [-0.39, 0.29) is 0 Å². The molecule has 0 atom stereocenters. The second-order valence-electron chi connectivity index (χ2n) is 4.77. The first-order valence-corrected chi connectivity index (χ1v) is 9.11. The Kier molecular flexibility index (Phi) is 5.03. The molecule has 1 aromatic carbocycles. The van der Waals surface area contributed by atoms with E-state index in [9.17, 15) is 8.42 Å². The van der Waals surface area contributed by atoms with E-state index < -0.39 is 10.0 Å². The molecule has 2 aromatic rings. The number of nitrogens with zero attached hydrogens (tertiary/aromatic N) is 1. The molecule has 1 N–H and O–H groups in total. The first-order chi connectivity index (χ1) is 9.98. The molecule has 1 aromatic heterocycles. The van der Waals surface area contributed by atoms with Crippen LogP contribution in [0, 0.1) is 0 Å². The van der Waals surface area contributed by atoms with Crippen LogP contribution in [0.3, 0.4) is 0 Å². The molecular weight excluding hydrogens is 304 g/mol. The average Bonchev–Trinajstić information content (AvgIpc) is 2.96. The molecule has 0 fully saturated rings. The van der Waals surface area contributed by atoms with Gasteiger partial charge in [-0.25, -0.2) is 8.42 Å². The molecule has 6 heteroatoms. The number of hydrogen-bond donors (Lipinski definition) is 1. The van der Waals surface area contributed by atoms with Crippen LogP contribution in [-0.2, 0) is 23.0 Å². The summed E-state index contributed by atoms with van der Waals surface area (Å²) in [5.74, 6) is 0. The van der Waals surface area contributed by atoms with Gasteiger partial charge in [0.1, 0.15) is 0 Å². The Balaban J connectivity index is 2.28. The summed E-state index contributed by atoms with van der Waals surface area (Å²) in [4.78, 5) is 1.35. The van der Waals surface area contributed by atoms with Gasteiger partial charge in [0.15, 0.2) is 0 Å². The highest BCUT2D eigenvalue weighted by Crippen LogP contribution is 2.26. The molecule has 0 aliphatic carbocycles. The fourth-order valence-corrected chi connectivity index (χ4v) is 4.47. The summed E-state index contributed by atoms with van der Waals surface area (Å²) in [6.07, 6.45) is 0.939. The Morgan fingerprint density at radius 1 is 1.24 bits per heavy atom. The monoisotopic (exact) mass is 324 g/mol. The van der Waals surface area contributed by atoms with Crippen molar-refractivity contribution >= 4 is 27.0 Å². The summed E-state index contributed by atoms with van der Waals surface area (Å²) >= 11 is 1.45. The third kappa shape index (κ3) is 3.45. The van der Waals surface area contributed by atoms with E-state index in [0.29, 0.717) is 17.1 Å². The predicted molar refractivity (Wildman–Crippen MR) is 88.5 cm³/mol. The minimum Gasteiger partial charge on any atom is -0.315 e. The Bertz CT molecular complexity index is 691. The van der Waals surface area contributed by atoms with Crippen LogP contribution < -0.4 is 9.62 Å². The molecule has 4 nitrogen and oxygen atoms in total. The maximum absolute atomic E-state index is 12.6. The van der Waals surface area contributed by atoms with Crippen molar-refractivity contribution in [2.75, 3.05) is 18.4 Å². The topological polar surface area (TPSA) is 49.4 Å². The molecule has 0 aliphatic heterocycles.